The van der Waals surface area contributed by atoms with Crippen molar-refractivity contribution < 1.29 is 4.79 Å². The van der Waals surface area contributed by atoms with Gasteiger partial charge in [0.05, 0.1) is 0 Å². The van der Waals surface area contributed by atoms with E-state index in [0.29, 0.717) is 18.0 Å². The van der Waals surface area contributed by atoms with Crippen molar-refractivity contribution in [1.29, 1.82) is 0 Å². The van der Waals surface area contributed by atoms with E-state index < -0.39 is 0 Å². The third kappa shape index (κ3) is 8.99. The molecular formula is C15H28N2O. The second-order valence-electron chi connectivity index (χ2n) is 5.72. The predicted molar refractivity (Wildman–Crippen MR) is 78.2 cm³/mol. The predicted octanol–water partition coefficient (Wildman–Crippen LogP) is 2.78. The van der Waals surface area contributed by atoms with E-state index in [9.17, 15) is 4.79 Å². The number of rotatable bonds is 8. The Balaban J connectivity index is 3.80. The van der Waals surface area contributed by atoms with Gasteiger partial charge in [0.2, 0.25) is 0 Å². The molecule has 3 nitrogen and oxygen atoms in total. The summed E-state index contributed by atoms with van der Waals surface area (Å²) >= 11 is 0. The van der Waals surface area contributed by atoms with Gasteiger partial charge in [0.25, 0.3) is 5.91 Å². The summed E-state index contributed by atoms with van der Waals surface area (Å²) in [6, 6.07) is 0. The van der Waals surface area contributed by atoms with Crippen molar-refractivity contribution in [2.45, 2.75) is 52.5 Å². The zero-order valence-electron chi connectivity index (χ0n) is 12.3. The molecule has 0 aromatic rings. The highest BCUT2D eigenvalue weighted by molar-refractivity contribution is 5.95. The van der Waals surface area contributed by atoms with Gasteiger partial charge in [-0.1, -0.05) is 32.1 Å². The van der Waals surface area contributed by atoms with E-state index >= 15 is 0 Å². The Morgan fingerprint density at radius 3 is 2.61 bits per heavy atom. The van der Waals surface area contributed by atoms with Gasteiger partial charge in [0.1, 0.15) is 0 Å². The van der Waals surface area contributed by atoms with Crippen molar-refractivity contribution in [2.24, 2.45) is 11.7 Å². The standard InChI is InChI=1S/C15H28N2O/c1-6-8-13(3)14(18)17-11-12(2)9-7-10-15(4,5)16/h6,8,12H,3,7,9-11,16H2,1-2,4-5H3,(H,17,18)/b8-6-. The van der Waals surface area contributed by atoms with Crippen LogP contribution in [0.4, 0.5) is 0 Å². The first kappa shape index (κ1) is 16.9. The number of allylic oxidation sites excluding steroid dienone is 1. The number of nitrogens with two attached hydrogens (primary N) is 1. The lowest BCUT2D eigenvalue weighted by atomic mass is 9.95. The van der Waals surface area contributed by atoms with Crippen LogP contribution in [0.3, 0.4) is 0 Å². The molecule has 0 aliphatic carbocycles. The van der Waals surface area contributed by atoms with Crippen molar-refractivity contribution in [3.8, 4) is 0 Å². The van der Waals surface area contributed by atoms with Crippen LogP contribution in [0.25, 0.3) is 0 Å². The van der Waals surface area contributed by atoms with Crippen LogP contribution in [0.1, 0.15) is 47.0 Å². The highest BCUT2D eigenvalue weighted by Crippen LogP contribution is 2.13. The number of amides is 1. The molecule has 0 heterocycles. The maximum absolute atomic E-state index is 11.6. The molecular weight excluding hydrogens is 224 g/mol. The lowest BCUT2D eigenvalue weighted by Gasteiger charge is -2.19. The monoisotopic (exact) mass is 252 g/mol. The Labute approximate surface area is 112 Å². The average Bonchev–Trinajstić information content (AvgIpc) is 2.24. The van der Waals surface area contributed by atoms with Gasteiger partial charge < -0.3 is 11.1 Å². The Hall–Kier alpha value is -1.09. The summed E-state index contributed by atoms with van der Waals surface area (Å²) in [4.78, 5) is 11.6. The van der Waals surface area contributed by atoms with Crippen LogP contribution in [0, 0.1) is 5.92 Å². The van der Waals surface area contributed by atoms with Gasteiger partial charge in [-0.25, -0.2) is 0 Å². The van der Waals surface area contributed by atoms with Crippen molar-refractivity contribution in [3.63, 3.8) is 0 Å². The van der Waals surface area contributed by atoms with Crippen molar-refractivity contribution in [3.05, 3.63) is 24.3 Å². The van der Waals surface area contributed by atoms with Crippen LogP contribution >= 0.6 is 0 Å². The second-order valence-corrected chi connectivity index (χ2v) is 5.72. The fourth-order valence-electron chi connectivity index (χ4n) is 1.67. The molecule has 0 aliphatic heterocycles. The van der Waals surface area contributed by atoms with E-state index in [4.69, 9.17) is 5.73 Å². The molecule has 3 heteroatoms. The molecule has 0 aromatic carbocycles. The van der Waals surface area contributed by atoms with E-state index in [-0.39, 0.29) is 11.4 Å². The smallest absolute Gasteiger partial charge is 0.250 e. The van der Waals surface area contributed by atoms with Crippen LogP contribution < -0.4 is 11.1 Å². The Kier molecular flexibility index (Phi) is 7.60. The average molecular weight is 252 g/mol. The van der Waals surface area contributed by atoms with Gasteiger partial charge in [-0.15, -0.1) is 0 Å². The summed E-state index contributed by atoms with van der Waals surface area (Å²) < 4.78 is 0. The molecule has 0 bridgehead atoms. The van der Waals surface area contributed by atoms with Gasteiger partial charge >= 0.3 is 0 Å². The summed E-state index contributed by atoms with van der Waals surface area (Å²) in [5.41, 5.74) is 6.34. The topological polar surface area (TPSA) is 55.1 Å². The molecule has 1 unspecified atom stereocenters. The summed E-state index contributed by atoms with van der Waals surface area (Å²) in [5, 5.41) is 2.89. The van der Waals surface area contributed by atoms with Crippen LogP contribution in [0.5, 0.6) is 0 Å². The first-order chi connectivity index (χ1) is 8.26. The third-order valence-corrected chi connectivity index (χ3v) is 2.79. The van der Waals surface area contributed by atoms with E-state index in [1.807, 2.05) is 26.8 Å². The third-order valence-electron chi connectivity index (χ3n) is 2.79. The molecule has 3 N–H and O–H groups in total. The maximum Gasteiger partial charge on any atom is 0.250 e. The van der Waals surface area contributed by atoms with Gasteiger partial charge in [-0.3, -0.25) is 4.79 Å². The minimum absolute atomic E-state index is 0.0842. The molecule has 0 radical (unpaired) electrons. The number of carbonyl (C=O) groups is 1. The zero-order valence-corrected chi connectivity index (χ0v) is 12.3. The first-order valence-corrected chi connectivity index (χ1v) is 6.65. The number of nitrogens with one attached hydrogen (secondary N) is 1. The maximum atomic E-state index is 11.6. The quantitative estimate of drug-likeness (QED) is 0.515. The molecule has 1 amide bonds. The van der Waals surface area contributed by atoms with Crippen molar-refractivity contribution in [1.82, 2.24) is 5.32 Å². The lowest BCUT2D eigenvalue weighted by molar-refractivity contribution is -0.117. The Bertz CT molecular complexity index is 300. The second kappa shape index (κ2) is 8.09. The molecule has 0 rings (SSSR count). The molecule has 0 spiro atoms. The molecule has 0 saturated heterocycles. The van der Waals surface area contributed by atoms with Crippen LogP contribution in [0.2, 0.25) is 0 Å². The van der Waals surface area contributed by atoms with Crippen LogP contribution in [-0.4, -0.2) is 18.0 Å². The van der Waals surface area contributed by atoms with Crippen LogP contribution in [-0.2, 0) is 4.79 Å². The first-order valence-electron chi connectivity index (χ1n) is 6.65. The fourth-order valence-corrected chi connectivity index (χ4v) is 1.67. The SMILES string of the molecule is C=C(/C=C\C)C(=O)NCC(C)CCCC(C)(C)N. The van der Waals surface area contributed by atoms with Crippen molar-refractivity contribution in [2.75, 3.05) is 6.54 Å². The molecule has 0 saturated carbocycles. The Morgan fingerprint density at radius 2 is 2.11 bits per heavy atom. The van der Waals surface area contributed by atoms with E-state index in [0.717, 1.165) is 19.3 Å². The van der Waals surface area contributed by atoms with Gasteiger partial charge in [-0.2, -0.15) is 0 Å². The highest BCUT2D eigenvalue weighted by Gasteiger charge is 2.12. The molecule has 1 atom stereocenters. The summed E-state index contributed by atoms with van der Waals surface area (Å²) in [5.74, 6) is 0.383. The zero-order chi connectivity index (χ0) is 14.2. The number of hydrogen-bond acceptors (Lipinski definition) is 2. The van der Waals surface area contributed by atoms with Crippen LogP contribution in [0.15, 0.2) is 24.3 Å². The summed E-state index contributed by atoms with van der Waals surface area (Å²) in [7, 11) is 0. The number of hydrogen-bond donors (Lipinski definition) is 2. The van der Waals surface area contributed by atoms with Crippen molar-refractivity contribution >= 4 is 5.91 Å². The van der Waals surface area contributed by atoms with E-state index in [1.54, 1.807) is 6.08 Å². The molecule has 0 fully saturated rings. The lowest BCUT2D eigenvalue weighted by Crippen LogP contribution is -2.32. The van der Waals surface area contributed by atoms with Gasteiger partial charge in [0, 0.05) is 17.7 Å². The summed E-state index contributed by atoms with van der Waals surface area (Å²) in [6.07, 6.45) is 6.72. The van der Waals surface area contributed by atoms with Gasteiger partial charge in [0.15, 0.2) is 0 Å². The molecule has 0 aliphatic rings. The molecule has 0 aromatic heterocycles. The largest absolute Gasteiger partial charge is 0.352 e. The Morgan fingerprint density at radius 1 is 1.50 bits per heavy atom. The van der Waals surface area contributed by atoms with Gasteiger partial charge in [-0.05, 0) is 39.5 Å². The number of carbonyl (C=O) groups excluding carboxylic acids is 1. The normalized spacial score (nSPS) is 13.6. The van der Waals surface area contributed by atoms with E-state index in [2.05, 4.69) is 18.8 Å². The summed E-state index contributed by atoms with van der Waals surface area (Å²) in [6.45, 7) is 12.5. The minimum atomic E-state index is -0.0941. The van der Waals surface area contributed by atoms with E-state index in [1.165, 1.54) is 0 Å². The highest BCUT2D eigenvalue weighted by atomic mass is 16.1. The minimum Gasteiger partial charge on any atom is -0.352 e. The molecule has 18 heavy (non-hydrogen) atoms. The fraction of sp³-hybridized carbons (Fsp3) is 0.667. The molecule has 104 valence electrons.